The van der Waals surface area contributed by atoms with Crippen LogP contribution in [0.25, 0.3) is 0 Å². The fraction of sp³-hybridized carbons (Fsp3) is 0.797. The Morgan fingerprint density at radius 2 is 1.40 bits per heavy atom. The Hall–Kier alpha value is -3.84. The first-order valence-electron chi connectivity index (χ1n) is 29.0. The second-order valence-corrected chi connectivity index (χ2v) is 23.4. The van der Waals surface area contributed by atoms with Crippen molar-refractivity contribution in [3.63, 3.8) is 0 Å². The van der Waals surface area contributed by atoms with Crippen LogP contribution in [-0.4, -0.2) is 184 Å². The summed E-state index contributed by atoms with van der Waals surface area (Å²) in [5.41, 5.74) is 5.68. The summed E-state index contributed by atoms with van der Waals surface area (Å²) in [5.74, 6) is -9.42. The first-order chi connectivity index (χ1) is 37.5. The van der Waals surface area contributed by atoms with Gasteiger partial charge in [-0.05, 0) is 76.0 Å². The van der Waals surface area contributed by atoms with E-state index in [4.69, 9.17) is 19.9 Å². The van der Waals surface area contributed by atoms with E-state index >= 15 is 0 Å². The van der Waals surface area contributed by atoms with E-state index in [1.54, 1.807) is 59.9 Å². The number of rotatable bonds is 14. The van der Waals surface area contributed by atoms with Gasteiger partial charge in [0.15, 0.2) is 11.7 Å². The molecule has 0 amide bonds. The molecule has 0 aliphatic carbocycles. The monoisotopic (exact) mass is 1140 g/mol. The zero-order chi connectivity index (χ0) is 60.4. The smallest absolute Gasteiger partial charge is 0.317 e. The molecule has 2 heterocycles. The molecule has 0 unspecified atom stereocenters. The normalized spacial score (nSPS) is 38.9. The molecular formula is C59H103N3O18. The summed E-state index contributed by atoms with van der Waals surface area (Å²) in [6.45, 7) is 14.8. The largest absolute Gasteiger partial charge is 0.481 e. The van der Waals surface area contributed by atoms with E-state index in [1.807, 2.05) is 19.9 Å². The van der Waals surface area contributed by atoms with Gasteiger partial charge in [0.25, 0.3) is 0 Å². The highest BCUT2D eigenvalue weighted by molar-refractivity contribution is 5.90. The standard InChI is InChI=1S/C59H103N3O18/c1-34(18-14-12-10-11-13-17-25-62-58(60)61-9)26-38(5)55-37(4)19-15-16-20-45(64)39(6)49(68)29-43(78-54(74)32-53(72)73)27-42(63)28-44-30-51(70)56(75)59(77,80-44)33-52(71)36(3)22-23-46(65)40(7)50(69)31-48(67)35(2)21-24-47(66)41(8)57(76)79-55/h10-11,15-16,19-21,24,34-52,55-56,63-71,75,77H,12-14,17-18,22-23,25-33H2,1-9H3,(H,72,73)(H3,60,61,62)/b11-10+,19-15-,20-16-,24-21+/t34-,35-,36-,37+,38+,39+,40+,41+,42-,43-,44-,45+,46-,47+,48+,49+,50-,51-,52+,55-,56+,59+/m0/s1. The number of ether oxygens (including phenoxy) is 3. The number of aliphatic hydroxyl groups excluding tert-OH is 10. The maximum Gasteiger partial charge on any atom is 0.317 e. The van der Waals surface area contributed by atoms with Crippen LogP contribution in [0.4, 0.5) is 0 Å². The highest BCUT2D eigenvalue weighted by Gasteiger charge is 2.50. The van der Waals surface area contributed by atoms with Gasteiger partial charge in [-0.3, -0.25) is 19.4 Å². The number of fused-ring (bicyclic) bond motifs is 2. The summed E-state index contributed by atoms with van der Waals surface area (Å²) in [5, 5.41) is 135. The minimum absolute atomic E-state index is 0.0842. The zero-order valence-corrected chi connectivity index (χ0v) is 48.9. The summed E-state index contributed by atoms with van der Waals surface area (Å²) >= 11 is 0. The van der Waals surface area contributed by atoms with Crippen LogP contribution in [0, 0.1) is 47.3 Å². The Labute approximate surface area is 474 Å². The van der Waals surface area contributed by atoms with Gasteiger partial charge in [-0.25, -0.2) is 0 Å². The van der Waals surface area contributed by atoms with Gasteiger partial charge in [0.05, 0.1) is 67.0 Å². The van der Waals surface area contributed by atoms with Gasteiger partial charge in [-0.1, -0.05) is 103 Å². The third kappa shape index (κ3) is 26.2. The van der Waals surface area contributed by atoms with Gasteiger partial charge >= 0.3 is 17.9 Å². The number of hydrogen-bond donors (Lipinski definition) is 14. The van der Waals surface area contributed by atoms with Gasteiger partial charge in [-0.2, -0.15) is 0 Å². The highest BCUT2D eigenvalue weighted by atomic mass is 16.7. The quantitative estimate of drug-likeness (QED) is 0.0296. The second-order valence-electron chi connectivity index (χ2n) is 23.4. The third-order valence-electron chi connectivity index (χ3n) is 16.2. The van der Waals surface area contributed by atoms with Crippen molar-refractivity contribution in [1.29, 1.82) is 0 Å². The number of nitrogens with zero attached hydrogens (tertiary/aromatic N) is 1. The van der Waals surface area contributed by atoms with Crippen LogP contribution >= 0.6 is 0 Å². The number of aliphatic imine (C=N–C) groups is 1. The molecule has 0 spiro atoms. The van der Waals surface area contributed by atoms with E-state index in [0.29, 0.717) is 5.96 Å². The molecule has 80 heavy (non-hydrogen) atoms. The Morgan fingerprint density at radius 1 is 0.762 bits per heavy atom. The SMILES string of the molecule is CN=C(N)NCCC/C=C/CCC[C@H](C)C[C@@H](C)[C@H]1OC(=O)[C@H](C)[C@H](O)/C=C/[C@H](C)[C@H](O)C[C@H](O)[C@H](C)[C@@H](O)CC[C@H](C)[C@H](O)C[C@@]2(O)O[C@@H](C[C@@H](O)C[C@H](OC(=O)CC(=O)O)C[C@@H](O)[C@H](C)[C@H](O)/C=C\C=C/[C@H]1C)C[C@H](O)[C@H]2O. The van der Waals surface area contributed by atoms with E-state index in [0.717, 1.165) is 45.1 Å². The van der Waals surface area contributed by atoms with E-state index in [9.17, 15) is 75.7 Å². The van der Waals surface area contributed by atoms with Crippen molar-refractivity contribution >= 4 is 23.9 Å². The summed E-state index contributed by atoms with van der Waals surface area (Å²) in [6.07, 6.45) is -0.0780. The molecule has 0 aromatic heterocycles. The molecule has 0 aromatic rings. The van der Waals surface area contributed by atoms with Crippen LogP contribution in [0.15, 0.2) is 53.6 Å². The van der Waals surface area contributed by atoms with Crippen LogP contribution in [0.1, 0.15) is 152 Å². The predicted molar refractivity (Wildman–Crippen MR) is 302 cm³/mol. The van der Waals surface area contributed by atoms with Crippen molar-refractivity contribution in [3.05, 3.63) is 48.6 Å². The number of allylic oxidation sites excluding steroid dienone is 4. The molecule has 15 N–H and O–H groups in total. The topological polar surface area (TPSA) is 372 Å². The number of cyclic esters (lactones) is 1. The number of nitrogens with one attached hydrogen (secondary N) is 1. The van der Waals surface area contributed by atoms with E-state index in [2.05, 4.69) is 29.4 Å². The number of carbonyl (C=O) groups is 3. The molecule has 0 radical (unpaired) electrons. The van der Waals surface area contributed by atoms with Crippen molar-refractivity contribution in [3.8, 4) is 0 Å². The number of guanidine groups is 1. The molecule has 1 fully saturated rings. The fourth-order valence-electron chi connectivity index (χ4n) is 10.3. The predicted octanol–water partition coefficient (Wildman–Crippen LogP) is 3.30. The number of hydrogen-bond acceptors (Lipinski definition) is 18. The van der Waals surface area contributed by atoms with Crippen molar-refractivity contribution in [2.24, 2.45) is 58.1 Å². The van der Waals surface area contributed by atoms with Crippen molar-refractivity contribution in [2.45, 2.75) is 237 Å². The molecule has 0 aromatic carbocycles. The maximum atomic E-state index is 13.9. The lowest BCUT2D eigenvalue weighted by Gasteiger charge is -2.45. The number of unbranched alkanes of at least 4 members (excludes halogenated alkanes) is 2. The third-order valence-corrected chi connectivity index (χ3v) is 16.2. The molecule has 1 saturated heterocycles. The number of carboxylic acid groups (broad SMARTS) is 1. The maximum absolute atomic E-state index is 13.9. The van der Waals surface area contributed by atoms with Crippen molar-refractivity contribution in [1.82, 2.24) is 5.32 Å². The van der Waals surface area contributed by atoms with Crippen molar-refractivity contribution < 1.29 is 89.9 Å². The van der Waals surface area contributed by atoms with Crippen LogP contribution in [0.3, 0.4) is 0 Å². The second kappa shape index (κ2) is 36.7. The molecule has 22 atom stereocenters. The van der Waals surface area contributed by atoms with Crippen LogP contribution in [-0.2, 0) is 28.6 Å². The van der Waals surface area contributed by atoms with Gasteiger partial charge in [0.1, 0.15) is 24.7 Å². The van der Waals surface area contributed by atoms with Crippen LogP contribution in [0.5, 0.6) is 0 Å². The summed E-state index contributed by atoms with van der Waals surface area (Å²) in [6, 6.07) is 0. The van der Waals surface area contributed by atoms with Gasteiger partial charge < -0.3 is 86.5 Å². The van der Waals surface area contributed by atoms with Crippen LogP contribution in [0.2, 0.25) is 0 Å². The minimum atomic E-state index is -2.50. The Kier molecular flexibility index (Phi) is 33.1. The Balaban J connectivity index is 2.45. The Morgan fingerprint density at radius 3 is 2.05 bits per heavy atom. The summed E-state index contributed by atoms with van der Waals surface area (Å²) in [4.78, 5) is 41.7. The molecule has 21 nitrogen and oxygen atoms in total. The van der Waals surface area contributed by atoms with Gasteiger partial charge in [-0.15, -0.1) is 0 Å². The highest BCUT2D eigenvalue weighted by Crippen LogP contribution is 2.36. The van der Waals surface area contributed by atoms with Crippen LogP contribution < -0.4 is 11.1 Å². The molecule has 0 saturated carbocycles. The number of aliphatic hydroxyl groups is 11. The molecule has 2 bridgehead atoms. The summed E-state index contributed by atoms with van der Waals surface area (Å²) < 4.78 is 17.5. The van der Waals surface area contributed by atoms with Crippen molar-refractivity contribution in [2.75, 3.05) is 13.6 Å². The van der Waals surface area contributed by atoms with Gasteiger partial charge in [0, 0.05) is 69.4 Å². The lowest BCUT2D eigenvalue weighted by Crippen LogP contribution is -2.59. The average molecular weight is 1140 g/mol. The Bertz CT molecular complexity index is 1960. The first-order valence-corrected chi connectivity index (χ1v) is 29.0. The number of nitrogens with two attached hydrogens (primary N) is 1. The molecule has 2 rings (SSSR count). The van der Waals surface area contributed by atoms with E-state index in [1.165, 1.54) is 12.2 Å². The first kappa shape index (κ1) is 72.3. The molecule has 2 aliphatic heterocycles. The zero-order valence-electron chi connectivity index (χ0n) is 48.9. The molecule has 2 aliphatic rings. The minimum Gasteiger partial charge on any atom is -0.481 e. The lowest BCUT2D eigenvalue weighted by molar-refractivity contribution is -0.333. The summed E-state index contributed by atoms with van der Waals surface area (Å²) in [7, 11) is 1.63. The molecular weight excluding hydrogens is 1040 g/mol. The average Bonchev–Trinajstić information content (AvgIpc) is 3.38. The van der Waals surface area contributed by atoms with E-state index < -0.39 is 145 Å². The number of aliphatic carboxylic acids is 1. The van der Waals surface area contributed by atoms with Gasteiger partial charge in [0.2, 0.25) is 0 Å². The lowest BCUT2D eigenvalue weighted by atomic mass is 9.83. The van der Waals surface area contributed by atoms with E-state index in [-0.39, 0.29) is 62.7 Å². The number of carboxylic acids is 1. The molecule has 462 valence electrons. The number of carbonyl (C=O) groups excluding carboxylic acids is 2. The fourth-order valence-corrected chi connectivity index (χ4v) is 10.3. The molecule has 21 heteroatoms. The number of esters is 2.